The number of carbonyl (C=O) groups is 1. The Morgan fingerprint density at radius 2 is 1.92 bits per heavy atom. The zero-order valence-corrected chi connectivity index (χ0v) is 14.8. The summed E-state index contributed by atoms with van der Waals surface area (Å²) in [7, 11) is 2.06. The number of likely N-dealkylation sites (tertiary alicyclic amines) is 1. The summed E-state index contributed by atoms with van der Waals surface area (Å²) in [6, 6.07) is 11.9. The monoisotopic (exact) mass is 345 g/mol. The molecule has 0 saturated carbocycles. The van der Waals surface area contributed by atoms with Gasteiger partial charge in [0.05, 0.1) is 12.5 Å². The smallest absolute Gasteiger partial charge is 0.224 e. The van der Waals surface area contributed by atoms with Crippen molar-refractivity contribution in [1.82, 2.24) is 14.8 Å². The Hall–Kier alpha value is -1.78. The van der Waals surface area contributed by atoms with Gasteiger partial charge in [0, 0.05) is 30.5 Å². The molecule has 1 N–H and O–H groups in total. The third kappa shape index (κ3) is 4.19. The van der Waals surface area contributed by atoms with Gasteiger partial charge in [-0.25, -0.2) is 0 Å². The predicted molar refractivity (Wildman–Crippen MR) is 97.1 cm³/mol. The molecular weight excluding hydrogens is 322 g/mol. The maximum absolute atomic E-state index is 12.3. The molecule has 128 valence electrons. The summed E-state index contributed by atoms with van der Waals surface area (Å²) in [4.78, 5) is 14.8. The van der Waals surface area contributed by atoms with Crippen molar-refractivity contribution in [3.05, 3.63) is 58.9 Å². The molecule has 1 atom stereocenters. The quantitative estimate of drug-likeness (QED) is 0.873. The van der Waals surface area contributed by atoms with Crippen LogP contribution in [-0.4, -0.2) is 35.0 Å². The summed E-state index contributed by atoms with van der Waals surface area (Å²) in [6.07, 6.45) is 4.92. The van der Waals surface area contributed by atoms with Crippen LogP contribution >= 0.6 is 11.6 Å². The summed E-state index contributed by atoms with van der Waals surface area (Å²) in [5.74, 6) is 0.0516. The van der Waals surface area contributed by atoms with Crippen LogP contribution in [0.3, 0.4) is 0 Å². The maximum atomic E-state index is 12.3. The van der Waals surface area contributed by atoms with E-state index in [-0.39, 0.29) is 11.9 Å². The fourth-order valence-corrected chi connectivity index (χ4v) is 3.48. The number of carbonyl (C=O) groups excluding carboxylic acids is 1. The van der Waals surface area contributed by atoms with Crippen LogP contribution in [0.2, 0.25) is 5.02 Å². The molecule has 3 rings (SSSR count). The molecule has 1 aromatic heterocycles. The molecule has 1 unspecified atom stereocenters. The molecule has 1 aliphatic rings. The molecule has 1 saturated heterocycles. The predicted octanol–water partition coefficient (Wildman–Crippen LogP) is 3.17. The van der Waals surface area contributed by atoms with Gasteiger partial charge in [-0.2, -0.15) is 0 Å². The first-order valence-corrected chi connectivity index (χ1v) is 8.88. The second kappa shape index (κ2) is 7.86. The van der Waals surface area contributed by atoms with Crippen molar-refractivity contribution in [1.29, 1.82) is 0 Å². The number of benzene rings is 1. The number of hydrogen-bond donors (Lipinski definition) is 1. The second-order valence-corrected chi connectivity index (χ2v) is 6.85. The lowest BCUT2D eigenvalue weighted by Crippen LogP contribution is -2.38. The van der Waals surface area contributed by atoms with Crippen molar-refractivity contribution < 1.29 is 4.79 Å². The standard InChI is InChI=1S/C19H24ClN3O/c1-22-10-4-5-17(22)18(23-11-2-3-12-23)14-21-19(24)13-15-6-8-16(20)9-7-15/h4-10,18H,2-3,11-14H2,1H3,(H,21,24). The second-order valence-electron chi connectivity index (χ2n) is 6.41. The van der Waals surface area contributed by atoms with E-state index >= 15 is 0 Å². The highest BCUT2D eigenvalue weighted by Gasteiger charge is 2.25. The van der Waals surface area contributed by atoms with Crippen molar-refractivity contribution >= 4 is 17.5 Å². The molecule has 1 fully saturated rings. The van der Waals surface area contributed by atoms with E-state index in [4.69, 9.17) is 11.6 Å². The van der Waals surface area contributed by atoms with E-state index in [0.29, 0.717) is 18.0 Å². The number of nitrogens with one attached hydrogen (secondary N) is 1. The highest BCUT2D eigenvalue weighted by Crippen LogP contribution is 2.24. The van der Waals surface area contributed by atoms with E-state index in [0.717, 1.165) is 18.7 Å². The van der Waals surface area contributed by atoms with Gasteiger partial charge in [-0.15, -0.1) is 0 Å². The minimum absolute atomic E-state index is 0.0516. The van der Waals surface area contributed by atoms with Gasteiger partial charge in [-0.1, -0.05) is 23.7 Å². The van der Waals surface area contributed by atoms with Gasteiger partial charge in [0.25, 0.3) is 0 Å². The highest BCUT2D eigenvalue weighted by molar-refractivity contribution is 6.30. The van der Waals surface area contributed by atoms with Gasteiger partial charge in [0.2, 0.25) is 5.91 Å². The number of rotatable bonds is 6. The van der Waals surface area contributed by atoms with Gasteiger partial charge < -0.3 is 9.88 Å². The van der Waals surface area contributed by atoms with Crippen LogP contribution in [0.1, 0.15) is 30.1 Å². The van der Waals surface area contributed by atoms with Gasteiger partial charge in [-0.3, -0.25) is 9.69 Å². The lowest BCUT2D eigenvalue weighted by atomic mass is 10.1. The maximum Gasteiger partial charge on any atom is 0.224 e. The van der Waals surface area contributed by atoms with Crippen LogP contribution in [0.25, 0.3) is 0 Å². The number of hydrogen-bond acceptors (Lipinski definition) is 2. The van der Waals surface area contributed by atoms with Crippen molar-refractivity contribution in [3.8, 4) is 0 Å². The normalized spacial score (nSPS) is 16.2. The van der Waals surface area contributed by atoms with E-state index in [9.17, 15) is 4.79 Å². The van der Waals surface area contributed by atoms with Crippen LogP contribution in [0.15, 0.2) is 42.6 Å². The van der Waals surface area contributed by atoms with Crippen LogP contribution in [0.4, 0.5) is 0 Å². The first-order chi connectivity index (χ1) is 11.6. The lowest BCUT2D eigenvalue weighted by molar-refractivity contribution is -0.120. The van der Waals surface area contributed by atoms with E-state index < -0.39 is 0 Å². The van der Waals surface area contributed by atoms with E-state index in [1.807, 2.05) is 24.3 Å². The summed E-state index contributed by atoms with van der Waals surface area (Å²) >= 11 is 5.89. The molecule has 1 aromatic carbocycles. The summed E-state index contributed by atoms with van der Waals surface area (Å²) in [6.45, 7) is 2.84. The van der Waals surface area contributed by atoms with Crippen LogP contribution < -0.4 is 5.32 Å². The zero-order valence-electron chi connectivity index (χ0n) is 14.0. The van der Waals surface area contributed by atoms with Crippen molar-refractivity contribution in [3.63, 3.8) is 0 Å². The minimum Gasteiger partial charge on any atom is -0.354 e. The molecular formula is C19H24ClN3O. The number of amides is 1. The lowest BCUT2D eigenvalue weighted by Gasteiger charge is -2.28. The first kappa shape index (κ1) is 17.1. The Bertz CT molecular complexity index is 674. The van der Waals surface area contributed by atoms with Gasteiger partial charge in [0.15, 0.2) is 0 Å². The summed E-state index contributed by atoms with van der Waals surface area (Å²) in [5, 5.41) is 3.80. The van der Waals surface area contributed by atoms with E-state index in [2.05, 4.69) is 40.2 Å². The molecule has 5 heteroatoms. The molecule has 2 aromatic rings. The van der Waals surface area contributed by atoms with E-state index in [1.54, 1.807) is 0 Å². The molecule has 0 radical (unpaired) electrons. The van der Waals surface area contributed by atoms with E-state index in [1.165, 1.54) is 18.5 Å². The SMILES string of the molecule is Cn1cccc1C(CNC(=O)Cc1ccc(Cl)cc1)N1CCCC1. The first-order valence-electron chi connectivity index (χ1n) is 8.50. The summed E-state index contributed by atoms with van der Waals surface area (Å²) < 4.78 is 2.15. The zero-order chi connectivity index (χ0) is 16.9. The molecule has 1 amide bonds. The third-order valence-electron chi connectivity index (χ3n) is 4.68. The van der Waals surface area contributed by atoms with Crippen molar-refractivity contribution in [2.24, 2.45) is 7.05 Å². The Morgan fingerprint density at radius 1 is 1.21 bits per heavy atom. The molecule has 0 spiro atoms. The van der Waals surface area contributed by atoms with Crippen LogP contribution in [0.5, 0.6) is 0 Å². The average Bonchev–Trinajstić information content (AvgIpc) is 3.23. The number of aromatic nitrogens is 1. The Kier molecular flexibility index (Phi) is 5.59. The van der Waals surface area contributed by atoms with Crippen LogP contribution in [-0.2, 0) is 18.3 Å². The number of halogens is 1. The molecule has 0 bridgehead atoms. The molecule has 1 aliphatic heterocycles. The Balaban J connectivity index is 1.61. The third-order valence-corrected chi connectivity index (χ3v) is 4.93. The van der Waals surface area contributed by atoms with Crippen LogP contribution in [0, 0.1) is 0 Å². The fourth-order valence-electron chi connectivity index (χ4n) is 3.36. The summed E-state index contributed by atoms with van der Waals surface area (Å²) in [5.41, 5.74) is 2.23. The van der Waals surface area contributed by atoms with Gasteiger partial charge in [0.1, 0.15) is 0 Å². The van der Waals surface area contributed by atoms with Crippen molar-refractivity contribution in [2.75, 3.05) is 19.6 Å². The average molecular weight is 346 g/mol. The topological polar surface area (TPSA) is 37.3 Å². The Labute approximate surface area is 148 Å². The van der Waals surface area contributed by atoms with Crippen molar-refractivity contribution in [2.45, 2.75) is 25.3 Å². The number of aryl methyl sites for hydroxylation is 1. The minimum atomic E-state index is 0.0516. The molecule has 24 heavy (non-hydrogen) atoms. The van der Waals surface area contributed by atoms with Gasteiger partial charge >= 0.3 is 0 Å². The largest absolute Gasteiger partial charge is 0.354 e. The number of nitrogens with zero attached hydrogens (tertiary/aromatic N) is 2. The molecule has 0 aliphatic carbocycles. The van der Waals surface area contributed by atoms with Gasteiger partial charge in [-0.05, 0) is 55.8 Å². The fraction of sp³-hybridized carbons (Fsp3) is 0.421. The molecule has 4 nitrogen and oxygen atoms in total. The molecule has 2 heterocycles. The Morgan fingerprint density at radius 3 is 2.54 bits per heavy atom. The highest BCUT2D eigenvalue weighted by atomic mass is 35.5.